The third-order valence-electron chi connectivity index (χ3n) is 4.91. The molecule has 0 saturated carbocycles. The van der Waals surface area contributed by atoms with Crippen LogP contribution in [0.25, 0.3) is 0 Å². The second-order valence-electron chi connectivity index (χ2n) is 9.75. The maximum Gasteiger partial charge on any atom is 0.408 e. The number of nitrogens with two attached hydrogens (primary N) is 1. The lowest BCUT2D eigenvalue weighted by Crippen LogP contribution is -2.53. The average molecular weight is 488 g/mol. The predicted octanol–water partition coefficient (Wildman–Crippen LogP) is 2.38. The molecule has 0 spiro atoms. The molecule has 2 unspecified atom stereocenters. The number of benzene rings is 1. The number of carbonyl (C=O) groups is 4. The summed E-state index contributed by atoms with van der Waals surface area (Å²) in [5.74, 6) is -1.84. The van der Waals surface area contributed by atoms with Crippen LogP contribution in [0.5, 0.6) is 0 Å². The predicted molar refractivity (Wildman–Crippen MR) is 131 cm³/mol. The molecule has 0 radical (unpaired) electrons. The van der Waals surface area contributed by atoms with Crippen molar-refractivity contribution in [2.24, 2.45) is 5.73 Å². The van der Waals surface area contributed by atoms with Crippen LogP contribution in [0.1, 0.15) is 70.2 Å². The number of hydrogen-bond acceptors (Lipinski definition) is 6. The van der Waals surface area contributed by atoms with Crippen LogP contribution in [0, 0.1) is 25.2 Å². The molecule has 0 bridgehead atoms. The summed E-state index contributed by atoms with van der Waals surface area (Å²) >= 11 is 0. The number of ether oxygens (including phenoxy) is 1. The van der Waals surface area contributed by atoms with Gasteiger partial charge in [0.1, 0.15) is 24.2 Å². The number of rotatable bonds is 10. The number of primary amides is 1. The summed E-state index contributed by atoms with van der Waals surface area (Å²) < 4.78 is 5.26. The Bertz CT molecular complexity index is 977. The number of nitriles is 1. The number of aryl methyl sites for hydroxylation is 2. The summed E-state index contributed by atoms with van der Waals surface area (Å²) in [6.45, 7) is 11.8. The van der Waals surface area contributed by atoms with Gasteiger partial charge in [0.05, 0.1) is 6.07 Å². The molecule has 0 aromatic heterocycles. The van der Waals surface area contributed by atoms with Crippen LogP contribution in [0.3, 0.4) is 0 Å². The Kier molecular flexibility index (Phi) is 10.7. The van der Waals surface area contributed by atoms with Crippen LogP contribution in [-0.2, 0) is 19.1 Å². The lowest BCUT2D eigenvalue weighted by atomic mass is 9.95. The molecule has 10 nitrogen and oxygen atoms in total. The van der Waals surface area contributed by atoms with Gasteiger partial charge in [-0.05, 0) is 66.0 Å². The van der Waals surface area contributed by atoms with Gasteiger partial charge >= 0.3 is 6.09 Å². The molecule has 1 rings (SSSR count). The van der Waals surface area contributed by atoms with Gasteiger partial charge < -0.3 is 26.0 Å². The van der Waals surface area contributed by atoms with Crippen molar-refractivity contribution in [3.63, 3.8) is 0 Å². The molecule has 10 heteroatoms. The van der Waals surface area contributed by atoms with Crippen molar-refractivity contribution < 1.29 is 23.9 Å². The van der Waals surface area contributed by atoms with Crippen LogP contribution in [0.2, 0.25) is 0 Å². The van der Waals surface area contributed by atoms with E-state index in [0.717, 1.165) is 16.0 Å². The maximum absolute atomic E-state index is 13.7. The van der Waals surface area contributed by atoms with E-state index in [4.69, 9.17) is 10.5 Å². The number of alkyl carbamates (subject to hydrolysis) is 1. The molecule has 4 amide bonds. The zero-order valence-electron chi connectivity index (χ0n) is 21.6. The Morgan fingerprint density at radius 3 is 2.29 bits per heavy atom. The van der Waals surface area contributed by atoms with E-state index in [0.29, 0.717) is 5.56 Å². The van der Waals surface area contributed by atoms with Gasteiger partial charge in [-0.3, -0.25) is 14.4 Å². The van der Waals surface area contributed by atoms with Crippen molar-refractivity contribution in [1.82, 2.24) is 15.5 Å². The quantitative estimate of drug-likeness (QED) is 0.430. The highest BCUT2D eigenvalue weighted by atomic mass is 16.6. The first kappa shape index (κ1) is 29.4. The molecule has 0 heterocycles. The summed E-state index contributed by atoms with van der Waals surface area (Å²) in [4.78, 5) is 52.1. The molecule has 4 N–H and O–H groups in total. The third kappa shape index (κ3) is 9.65. The third-order valence-corrected chi connectivity index (χ3v) is 4.91. The molecule has 1 aromatic carbocycles. The first-order valence-corrected chi connectivity index (χ1v) is 11.5. The molecule has 35 heavy (non-hydrogen) atoms. The lowest BCUT2D eigenvalue weighted by Gasteiger charge is -2.34. The van der Waals surface area contributed by atoms with E-state index in [2.05, 4.69) is 10.6 Å². The number of carbonyl (C=O) groups excluding carboxylic acids is 4. The molecule has 1 aromatic rings. The molecule has 0 saturated heterocycles. The molecule has 2 atom stereocenters. The Morgan fingerprint density at radius 2 is 1.77 bits per heavy atom. The summed E-state index contributed by atoms with van der Waals surface area (Å²) in [6, 6.07) is 4.84. The van der Waals surface area contributed by atoms with Crippen LogP contribution >= 0.6 is 0 Å². The number of hydrogen-bond donors (Lipinski definition) is 3. The SMILES string of the molecule is Cc1ccc(C)c(C(C(=O)NC(C)C)N(CC#N)C(=O)C(CCC(N)=O)NC(=O)OC(C)(C)C)c1. The Morgan fingerprint density at radius 1 is 1.14 bits per heavy atom. The second kappa shape index (κ2) is 12.7. The molecule has 0 aliphatic heterocycles. The van der Waals surface area contributed by atoms with Gasteiger partial charge in [0.2, 0.25) is 17.7 Å². The monoisotopic (exact) mass is 487 g/mol. The van der Waals surface area contributed by atoms with Gasteiger partial charge in [-0.1, -0.05) is 23.8 Å². The van der Waals surface area contributed by atoms with Crippen molar-refractivity contribution in [3.05, 3.63) is 34.9 Å². The summed E-state index contributed by atoms with van der Waals surface area (Å²) in [7, 11) is 0. The minimum absolute atomic E-state index is 0.124. The van der Waals surface area contributed by atoms with Crippen molar-refractivity contribution in [2.75, 3.05) is 6.54 Å². The van der Waals surface area contributed by atoms with Crippen molar-refractivity contribution >= 4 is 23.8 Å². The van der Waals surface area contributed by atoms with E-state index in [-0.39, 0.29) is 18.9 Å². The summed E-state index contributed by atoms with van der Waals surface area (Å²) in [5, 5.41) is 14.8. The van der Waals surface area contributed by atoms with E-state index in [1.54, 1.807) is 40.7 Å². The van der Waals surface area contributed by atoms with E-state index in [1.165, 1.54) is 0 Å². The van der Waals surface area contributed by atoms with Gasteiger partial charge in [0.25, 0.3) is 0 Å². The van der Waals surface area contributed by atoms with Crippen LogP contribution in [0.4, 0.5) is 4.79 Å². The Balaban J connectivity index is 3.52. The molecule has 0 aliphatic rings. The van der Waals surface area contributed by atoms with Crippen molar-refractivity contribution in [2.45, 2.75) is 85.0 Å². The molecule has 0 aliphatic carbocycles. The topological polar surface area (TPSA) is 155 Å². The Hall–Kier alpha value is -3.61. The molecular weight excluding hydrogens is 450 g/mol. The fraction of sp³-hybridized carbons (Fsp3) is 0.560. The van der Waals surface area contributed by atoms with E-state index in [1.807, 2.05) is 32.0 Å². The highest BCUT2D eigenvalue weighted by Crippen LogP contribution is 2.27. The highest BCUT2D eigenvalue weighted by molar-refractivity contribution is 5.93. The second-order valence-corrected chi connectivity index (χ2v) is 9.75. The fourth-order valence-corrected chi connectivity index (χ4v) is 3.44. The van der Waals surface area contributed by atoms with E-state index in [9.17, 15) is 24.4 Å². The van der Waals surface area contributed by atoms with Crippen LogP contribution in [0.15, 0.2) is 18.2 Å². The minimum atomic E-state index is -1.25. The zero-order valence-corrected chi connectivity index (χ0v) is 21.6. The van der Waals surface area contributed by atoms with Gasteiger partial charge in [-0.2, -0.15) is 5.26 Å². The van der Waals surface area contributed by atoms with E-state index >= 15 is 0 Å². The van der Waals surface area contributed by atoms with Crippen LogP contribution < -0.4 is 16.4 Å². The highest BCUT2D eigenvalue weighted by Gasteiger charge is 2.37. The molecule has 192 valence electrons. The summed E-state index contributed by atoms with van der Waals surface area (Å²) in [6.07, 6.45) is -1.19. The average Bonchev–Trinajstić information content (AvgIpc) is 2.70. The molecule has 0 fully saturated rings. The first-order valence-electron chi connectivity index (χ1n) is 11.5. The number of amides is 4. The van der Waals surface area contributed by atoms with Gasteiger partial charge in [-0.15, -0.1) is 0 Å². The van der Waals surface area contributed by atoms with Crippen LogP contribution in [-0.4, -0.2) is 52.9 Å². The smallest absolute Gasteiger partial charge is 0.408 e. The lowest BCUT2D eigenvalue weighted by molar-refractivity contribution is -0.142. The zero-order chi connectivity index (χ0) is 26.9. The fourth-order valence-electron chi connectivity index (χ4n) is 3.44. The van der Waals surface area contributed by atoms with Crippen molar-refractivity contribution in [1.29, 1.82) is 5.26 Å². The van der Waals surface area contributed by atoms with Gasteiger partial charge in [0, 0.05) is 12.5 Å². The minimum Gasteiger partial charge on any atom is -0.444 e. The Labute approximate surface area is 207 Å². The standard InChI is InChI=1S/C25H37N5O5/c1-15(2)28-22(32)21(18-14-16(3)8-9-17(18)4)30(13-12-26)23(33)19(10-11-20(27)31)29-24(34)35-25(5,6)7/h8-9,14-15,19,21H,10-11,13H2,1-7H3,(H2,27,31)(H,28,32)(H,29,34). The number of nitrogens with one attached hydrogen (secondary N) is 2. The van der Waals surface area contributed by atoms with E-state index < -0.39 is 48.0 Å². The van der Waals surface area contributed by atoms with Gasteiger partial charge in [0.15, 0.2) is 0 Å². The normalized spacial score (nSPS) is 12.8. The summed E-state index contributed by atoms with van der Waals surface area (Å²) in [5.41, 5.74) is 6.62. The maximum atomic E-state index is 13.7. The number of nitrogens with zero attached hydrogens (tertiary/aromatic N) is 2. The largest absolute Gasteiger partial charge is 0.444 e. The van der Waals surface area contributed by atoms with Gasteiger partial charge in [-0.25, -0.2) is 4.79 Å². The first-order chi connectivity index (χ1) is 16.2. The van der Waals surface area contributed by atoms with Crippen molar-refractivity contribution in [3.8, 4) is 6.07 Å². The molecular formula is C25H37N5O5.